The first-order valence-corrected chi connectivity index (χ1v) is 10.5. The third-order valence-corrected chi connectivity index (χ3v) is 4.74. The molecule has 6 heteroatoms. The van der Waals surface area contributed by atoms with Crippen molar-refractivity contribution in [2.75, 3.05) is 6.61 Å². The summed E-state index contributed by atoms with van der Waals surface area (Å²) in [7, 11) is 0. The Morgan fingerprint density at radius 3 is 1.84 bits per heavy atom. The highest BCUT2D eigenvalue weighted by Gasteiger charge is 2.33. The second-order valence-corrected chi connectivity index (χ2v) is 7.06. The Bertz CT molecular complexity index is 963. The van der Waals surface area contributed by atoms with E-state index in [0.717, 1.165) is 11.1 Å². The van der Waals surface area contributed by atoms with Gasteiger partial charge in [0.05, 0.1) is 19.3 Å². The van der Waals surface area contributed by atoms with Crippen LogP contribution >= 0.6 is 0 Å². The van der Waals surface area contributed by atoms with E-state index >= 15 is 0 Å². The fourth-order valence-electron chi connectivity index (χ4n) is 3.17. The van der Waals surface area contributed by atoms with Gasteiger partial charge in [0.2, 0.25) is 0 Å². The zero-order valence-electron chi connectivity index (χ0n) is 18.0. The molecule has 0 radical (unpaired) electrons. The molecule has 0 aliphatic heterocycles. The molecule has 1 N–H and O–H groups in total. The molecule has 0 aliphatic rings. The van der Waals surface area contributed by atoms with E-state index in [2.05, 4.69) is 5.32 Å². The molecule has 0 saturated carbocycles. The van der Waals surface area contributed by atoms with Crippen molar-refractivity contribution in [2.45, 2.75) is 32.3 Å². The molecule has 0 spiro atoms. The third-order valence-electron chi connectivity index (χ3n) is 4.74. The number of hydrogen-bond donors (Lipinski definition) is 1. The van der Waals surface area contributed by atoms with E-state index in [4.69, 9.17) is 14.2 Å². The number of hydrogen-bond acceptors (Lipinski definition) is 5. The smallest absolute Gasteiger partial charge is 0.408 e. The Morgan fingerprint density at radius 2 is 1.28 bits per heavy atom. The van der Waals surface area contributed by atoms with E-state index in [9.17, 15) is 9.59 Å². The summed E-state index contributed by atoms with van der Waals surface area (Å²) in [6.45, 7) is 2.23. The summed E-state index contributed by atoms with van der Waals surface area (Å²) in [6, 6.07) is 27.2. The summed E-state index contributed by atoms with van der Waals surface area (Å²) >= 11 is 0. The minimum Gasteiger partial charge on any atom is -0.464 e. The topological polar surface area (TPSA) is 73.9 Å². The number of alkyl carbamates (subject to hydrolysis) is 1. The second-order valence-electron chi connectivity index (χ2n) is 7.06. The van der Waals surface area contributed by atoms with Gasteiger partial charge in [-0.1, -0.05) is 91.0 Å². The maximum atomic E-state index is 12.8. The van der Waals surface area contributed by atoms with Crippen LogP contribution in [0.1, 0.15) is 29.7 Å². The van der Waals surface area contributed by atoms with E-state index < -0.39 is 24.2 Å². The Hall–Kier alpha value is -3.64. The summed E-state index contributed by atoms with van der Waals surface area (Å²) < 4.78 is 16.6. The van der Waals surface area contributed by atoms with E-state index in [1.165, 1.54) is 0 Å². The molecule has 2 atom stereocenters. The number of amides is 1. The standard InChI is InChI=1S/C26H27NO5/c1-2-30-25(28)24(31-18-20-12-6-3-7-13-20)23(22-16-10-5-11-17-22)27-26(29)32-19-21-14-8-4-9-15-21/h3-17,23-24H,2,18-19H2,1H3,(H,27,29)/t23?,24-/m1/s1. The average Bonchev–Trinajstić information content (AvgIpc) is 2.84. The van der Waals surface area contributed by atoms with Gasteiger partial charge in [-0.2, -0.15) is 0 Å². The van der Waals surface area contributed by atoms with Crippen LogP contribution in [0.25, 0.3) is 0 Å². The second kappa shape index (κ2) is 12.3. The number of benzene rings is 3. The lowest BCUT2D eigenvalue weighted by molar-refractivity contribution is -0.160. The van der Waals surface area contributed by atoms with E-state index in [-0.39, 0.29) is 19.8 Å². The average molecular weight is 434 g/mol. The first kappa shape index (κ1) is 23.0. The lowest BCUT2D eigenvalue weighted by Crippen LogP contribution is -2.43. The van der Waals surface area contributed by atoms with Crippen LogP contribution in [-0.2, 0) is 32.2 Å². The summed E-state index contributed by atoms with van der Waals surface area (Å²) in [5.41, 5.74) is 2.47. The monoisotopic (exact) mass is 433 g/mol. The zero-order chi connectivity index (χ0) is 22.6. The Kier molecular flexibility index (Phi) is 8.83. The lowest BCUT2D eigenvalue weighted by atomic mass is 10.0. The van der Waals surface area contributed by atoms with Gasteiger partial charge in [0.25, 0.3) is 0 Å². The van der Waals surface area contributed by atoms with Crippen molar-refractivity contribution in [3.05, 3.63) is 108 Å². The van der Waals surface area contributed by atoms with Crippen LogP contribution < -0.4 is 5.32 Å². The van der Waals surface area contributed by atoms with Crippen molar-refractivity contribution in [2.24, 2.45) is 0 Å². The van der Waals surface area contributed by atoms with Gasteiger partial charge in [-0.25, -0.2) is 9.59 Å². The van der Waals surface area contributed by atoms with Gasteiger partial charge in [0.1, 0.15) is 6.61 Å². The summed E-state index contributed by atoms with van der Waals surface area (Å²) in [5.74, 6) is -0.555. The predicted molar refractivity (Wildman–Crippen MR) is 121 cm³/mol. The van der Waals surface area contributed by atoms with Gasteiger partial charge < -0.3 is 19.5 Å². The van der Waals surface area contributed by atoms with E-state index in [1.54, 1.807) is 6.92 Å². The Balaban J connectivity index is 1.77. The number of carbonyl (C=O) groups excluding carboxylic acids is 2. The molecule has 0 bridgehead atoms. The molecule has 3 rings (SSSR count). The molecular weight excluding hydrogens is 406 g/mol. The molecule has 0 saturated heterocycles. The van der Waals surface area contributed by atoms with Crippen molar-refractivity contribution >= 4 is 12.1 Å². The third kappa shape index (κ3) is 6.96. The Labute approximate surface area is 188 Å². The van der Waals surface area contributed by atoms with Crippen molar-refractivity contribution in [1.82, 2.24) is 5.32 Å². The van der Waals surface area contributed by atoms with Crippen LogP contribution in [0.5, 0.6) is 0 Å². The van der Waals surface area contributed by atoms with Crippen molar-refractivity contribution in [1.29, 1.82) is 0 Å². The van der Waals surface area contributed by atoms with Gasteiger partial charge in [-0.15, -0.1) is 0 Å². The molecular formula is C26H27NO5. The highest BCUT2D eigenvalue weighted by atomic mass is 16.6. The molecule has 1 unspecified atom stereocenters. The lowest BCUT2D eigenvalue weighted by Gasteiger charge is -2.27. The molecule has 166 valence electrons. The molecule has 0 fully saturated rings. The molecule has 0 heterocycles. The largest absolute Gasteiger partial charge is 0.464 e. The van der Waals surface area contributed by atoms with Crippen molar-refractivity contribution in [3.8, 4) is 0 Å². The number of nitrogens with one attached hydrogen (secondary N) is 1. The van der Waals surface area contributed by atoms with E-state index in [1.807, 2.05) is 91.0 Å². The van der Waals surface area contributed by atoms with Gasteiger partial charge >= 0.3 is 12.1 Å². The number of ether oxygens (including phenoxy) is 3. The minimum absolute atomic E-state index is 0.114. The molecule has 3 aromatic carbocycles. The molecule has 3 aromatic rings. The van der Waals surface area contributed by atoms with Crippen LogP contribution in [0.15, 0.2) is 91.0 Å². The summed E-state index contributed by atoms with van der Waals surface area (Å²) in [5, 5.41) is 2.79. The first-order chi connectivity index (χ1) is 15.7. The predicted octanol–water partition coefficient (Wildman–Crippen LogP) is 4.80. The van der Waals surface area contributed by atoms with E-state index in [0.29, 0.717) is 5.56 Å². The van der Waals surface area contributed by atoms with Gasteiger partial charge in [-0.3, -0.25) is 0 Å². The minimum atomic E-state index is -1.05. The fraction of sp³-hybridized carbons (Fsp3) is 0.231. The van der Waals surface area contributed by atoms with Crippen LogP contribution in [0.2, 0.25) is 0 Å². The van der Waals surface area contributed by atoms with Crippen LogP contribution in [0, 0.1) is 0 Å². The Morgan fingerprint density at radius 1 is 0.750 bits per heavy atom. The maximum Gasteiger partial charge on any atom is 0.408 e. The summed E-state index contributed by atoms with van der Waals surface area (Å²) in [6.07, 6.45) is -1.71. The highest BCUT2D eigenvalue weighted by Crippen LogP contribution is 2.22. The fourth-order valence-corrected chi connectivity index (χ4v) is 3.17. The maximum absolute atomic E-state index is 12.8. The van der Waals surface area contributed by atoms with Crippen molar-refractivity contribution < 1.29 is 23.8 Å². The normalized spacial score (nSPS) is 12.4. The van der Waals surface area contributed by atoms with Crippen LogP contribution in [-0.4, -0.2) is 24.8 Å². The molecule has 32 heavy (non-hydrogen) atoms. The van der Waals surface area contributed by atoms with Crippen LogP contribution in [0.4, 0.5) is 4.79 Å². The quantitative estimate of drug-likeness (QED) is 0.465. The van der Waals surface area contributed by atoms with Gasteiger partial charge in [0.15, 0.2) is 6.10 Å². The molecule has 1 amide bonds. The van der Waals surface area contributed by atoms with Gasteiger partial charge in [0, 0.05) is 0 Å². The number of rotatable bonds is 10. The zero-order valence-corrected chi connectivity index (χ0v) is 18.0. The first-order valence-electron chi connectivity index (χ1n) is 10.5. The van der Waals surface area contributed by atoms with Crippen LogP contribution in [0.3, 0.4) is 0 Å². The summed E-state index contributed by atoms with van der Waals surface area (Å²) in [4.78, 5) is 25.4. The molecule has 0 aromatic heterocycles. The molecule has 0 aliphatic carbocycles. The number of esters is 1. The SMILES string of the molecule is CCOC(=O)[C@H](OCc1ccccc1)C(NC(=O)OCc1ccccc1)c1ccccc1. The van der Waals surface area contributed by atoms with Crippen molar-refractivity contribution in [3.63, 3.8) is 0 Å². The number of carbonyl (C=O) groups is 2. The highest BCUT2D eigenvalue weighted by molar-refractivity contribution is 5.78. The van der Waals surface area contributed by atoms with Gasteiger partial charge in [-0.05, 0) is 23.6 Å². The molecule has 6 nitrogen and oxygen atoms in total.